The van der Waals surface area contributed by atoms with Crippen LogP contribution in [-0.4, -0.2) is 44.0 Å². The fraction of sp³-hybridized carbons (Fsp3) is 0.368. The molecule has 1 aliphatic heterocycles. The van der Waals surface area contributed by atoms with E-state index in [1.807, 2.05) is 19.9 Å². The third kappa shape index (κ3) is 3.86. The summed E-state index contributed by atoms with van der Waals surface area (Å²) in [5, 5.41) is 15.0. The number of rotatable bonds is 4. The van der Waals surface area contributed by atoms with Gasteiger partial charge in [0.2, 0.25) is 0 Å². The van der Waals surface area contributed by atoms with Crippen LogP contribution in [0.5, 0.6) is 0 Å². The van der Waals surface area contributed by atoms with Gasteiger partial charge in [0.05, 0.1) is 22.2 Å². The molecule has 0 atom stereocenters. The average molecular weight is 395 g/mol. The van der Waals surface area contributed by atoms with E-state index in [-0.39, 0.29) is 17.1 Å². The van der Waals surface area contributed by atoms with Gasteiger partial charge in [0, 0.05) is 37.0 Å². The quantitative estimate of drug-likeness (QED) is 0.508. The molecule has 1 aromatic carbocycles. The molecule has 1 fully saturated rings. The zero-order valence-corrected chi connectivity index (χ0v) is 16.2. The third-order valence-corrected chi connectivity index (χ3v) is 5.09. The van der Waals surface area contributed by atoms with Gasteiger partial charge in [0.15, 0.2) is 0 Å². The molecule has 10 nitrogen and oxygen atoms in total. The Morgan fingerprint density at radius 3 is 2.66 bits per heavy atom. The minimum atomic E-state index is -0.476. The van der Waals surface area contributed by atoms with Gasteiger partial charge in [0.1, 0.15) is 17.3 Å². The maximum Gasteiger partial charge on any atom is 0.293 e. The number of hydrogen-bond acceptors (Lipinski definition) is 8. The van der Waals surface area contributed by atoms with Crippen LogP contribution in [0.3, 0.4) is 0 Å². The number of benzene rings is 1. The minimum absolute atomic E-state index is 0.0772. The number of aromatic amines is 1. The van der Waals surface area contributed by atoms with E-state index in [2.05, 4.69) is 30.2 Å². The van der Waals surface area contributed by atoms with Gasteiger partial charge in [-0.2, -0.15) is 0 Å². The predicted molar refractivity (Wildman–Crippen MR) is 109 cm³/mol. The van der Waals surface area contributed by atoms with E-state index < -0.39 is 10.5 Å². The number of nitro groups is 1. The number of hydrogen-bond donors (Lipinski definition) is 2. The fourth-order valence-electron chi connectivity index (χ4n) is 3.70. The highest BCUT2D eigenvalue weighted by atomic mass is 16.6. The summed E-state index contributed by atoms with van der Waals surface area (Å²) in [6.07, 6.45) is 2.91. The van der Waals surface area contributed by atoms with Crippen LogP contribution >= 0.6 is 0 Å². The highest BCUT2D eigenvalue weighted by Gasteiger charge is 2.24. The lowest BCUT2D eigenvalue weighted by molar-refractivity contribution is -0.383. The summed E-state index contributed by atoms with van der Waals surface area (Å²) >= 11 is 0. The number of piperidine rings is 1. The molecule has 0 bridgehead atoms. The first kappa shape index (κ1) is 18.8. The normalized spacial score (nSPS) is 14.9. The Morgan fingerprint density at radius 2 is 1.97 bits per heavy atom. The van der Waals surface area contributed by atoms with Crippen molar-refractivity contribution in [2.75, 3.05) is 23.3 Å². The Bertz CT molecular complexity index is 1120. The molecule has 0 amide bonds. The van der Waals surface area contributed by atoms with Gasteiger partial charge in [-0.05, 0) is 32.8 Å². The Balaban J connectivity index is 1.53. The van der Waals surface area contributed by atoms with Gasteiger partial charge in [-0.1, -0.05) is 0 Å². The highest BCUT2D eigenvalue weighted by molar-refractivity contribution is 5.86. The molecule has 3 aromatic rings. The first-order chi connectivity index (χ1) is 13.9. The predicted octanol–water partition coefficient (Wildman–Crippen LogP) is 2.32. The third-order valence-electron chi connectivity index (χ3n) is 5.09. The van der Waals surface area contributed by atoms with Crippen LogP contribution in [0.1, 0.15) is 24.4 Å². The van der Waals surface area contributed by atoms with E-state index in [4.69, 9.17) is 0 Å². The van der Waals surface area contributed by atoms with Crippen LogP contribution in [-0.2, 0) is 0 Å². The van der Waals surface area contributed by atoms with E-state index in [0.717, 1.165) is 43.3 Å². The maximum absolute atomic E-state index is 11.9. The SMILES string of the molecule is Cc1cc(N2CCC(Nc3cc4nc[nH]c(=O)c4cc3[N+](=O)[O-])CC2)nc(C)n1. The van der Waals surface area contributed by atoms with Crippen molar-refractivity contribution in [1.82, 2.24) is 19.9 Å². The second kappa shape index (κ2) is 7.46. The molecule has 0 spiro atoms. The molecule has 0 saturated carbocycles. The standard InChI is InChI=1S/C19H21N7O3/c1-11-7-18(23-12(2)22-11)25-5-3-13(4-6-25)24-16-9-15-14(8-17(16)26(28)29)19(27)21-10-20-15/h7-10,13,24H,3-6H2,1-2H3,(H,20,21,27). The number of aryl methyl sites for hydroxylation is 2. The van der Waals surface area contributed by atoms with E-state index in [9.17, 15) is 14.9 Å². The van der Waals surface area contributed by atoms with Gasteiger partial charge in [-0.25, -0.2) is 15.0 Å². The van der Waals surface area contributed by atoms with Crippen LogP contribution < -0.4 is 15.8 Å². The first-order valence-electron chi connectivity index (χ1n) is 9.40. The zero-order chi connectivity index (χ0) is 20.5. The number of aromatic nitrogens is 4. The van der Waals surface area contributed by atoms with Crippen molar-refractivity contribution in [3.8, 4) is 0 Å². The highest BCUT2D eigenvalue weighted by Crippen LogP contribution is 2.30. The summed E-state index contributed by atoms with van der Waals surface area (Å²) in [6, 6.07) is 4.91. The lowest BCUT2D eigenvalue weighted by Gasteiger charge is -2.33. The topological polar surface area (TPSA) is 130 Å². The van der Waals surface area contributed by atoms with Crippen molar-refractivity contribution >= 4 is 28.1 Å². The number of H-pyrrole nitrogens is 1. The van der Waals surface area contributed by atoms with Crippen molar-refractivity contribution in [2.45, 2.75) is 32.7 Å². The fourth-order valence-corrected chi connectivity index (χ4v) is 3.70. The molecule has 2 N–H and O–H groups in total. The summed E-state index contributed by atoms with van der Waals surface area (Å²) in [6.45, 7) is 5.40. The minimum Gasteiger partial charge on any atom is -0.377 e. The molecule has 10 heteroatoms. The van der Waals surface area contributed by atoms with Crippen LogP contribution in [0, 0.1) is 24.0 Å². The molecule has 1 aliphatic rings. The maximum atomic E-state index is 11.9. The van der Waals surface area contributed by atoms with Crippen LogP contribution in [0.25, 0.3) is 10.9 Å². The molecule has 0 unspecified atom stereocenters. The van der Waals surface area contributed by atoms with Crippen molar-refractivity contribution in [3.63, 3.8) is 0 Å². The van der Waals surface area contributed by atoms with Gasteiger partial charge in [-0.3, -0.25) is 14.9 Å². The molecule has 0 radical (unpaired) electrons. The Kier molecular flexibility index (Phi) is 4.83. The second-order valence-electron chi connectivity index (χ2n) is 7.20. The van der Waals surface area contributed by atoms with E-state index >= 15 is 0 Å². The number of nitro benzene ring substituents is 1. The van der Waals surface area contributed by atoms with E-state index in [0.29, 0.717) is 11.2 Å². The lowest BCUT2D eigenvalue weighted by Crippen LogP contribution is -2.39. The van der Waals surface area contributed by atoms with E-state index in [1.165, 1.54) is 12.4 Å². The Hall–Kier alpha value is -3.56. The van der Waals surface area contributed by atoms with Crippen LogP contribution in [0.4, 0.5) is 17.2 Å². The van der Waals surface area contributed by atoms with Gasteiger partial charge >= 0.3 is 0 Å². The summed E-state index contributed by atoms with van der Waals surface area (Å²) in [5.74, 6) is 1.66. The van der Waals surface area contributed by atoms with Gasteiger partial charge in [0.25, 0.3) is 11.2 Å². The molecular weight excluding hydrogens is 374 g/mol. The smallest absolute Gasteiger partial charge is 0.293 e. The largest absolute Gasteiger partial charge is 0.377 e. The molecule has 29 heavy (non-hydrogen) atoms. The van der Waals surface area contributed by atoms with Crippen molar-refractivity contribution < 1.29 is 4.92 Å². The number of fused-ring (bicyclic) bond motifs is 1. The lowest BCUT2D eigenvalue weighted by atomic mass is 10.0. The summed E-state index contributed by atoms with van der Waals surface area (Å²) < 4.78 is 0. The molecule has 2 aromatic heterocycles. The Morgan fingerprint density at radius 1 is 1.21 bits per heavy atom. The summed E-state index contributed by atoms with van der Waals surface area (Å²) in [4.78, 5) is 40.6. The number of nitrogens with one attached hydrogen (secondary N) is 2. The summed E-state index contributed by atoms with van der Waals surface area (Å²) in [5.41, 5.74) is 1.22. The van der Waals surface area contributed by atoms with Gasteiger partial charge < -0.3 is 15.2 Å². The van der Waals surface area contributed by atoms with E-state index in [1.54, 1.807) is 6.07 Å². The molecule has 0 aliphatic carbocycles. The molecule has 1 saturated heterocycles. The first-order valence-corrected chi connectivity index (χ1v) is 9.40. The van der Waals surface area contributed by atoms with Crippen LogP contribution in [0.15, 0.2) is 29.3 Å². The van der Waals surface area contributed by atoms with Crippen molar-refractivity contribution in [2.24, 2.45) is 0 Å². The van der Waals surface area contributed by atoms with Crippen molar-refractivity contribution in [3.05, 3.63) is 56.5 Å². The summed E-state index contributed by atoms with van der Waals surface area (Å²) in [7, 11) is 0. The number of nitrogens with zero attached hydrogens (tertiary/aromatic N) is 5. The molecule has 150 valence electrons. The molecular formula is C19H21N7O3. The second-order valence-corrected chi connectivity index (χ2v) is 7.20. The Labute approximate surface area is 166 Å². The zero-order valence-electron chi connectivity index (χ0n) is 16.2. The molecule has 3 heterocycles. The monoisotopic (exact) mass is 395 g/mol. The average Bonchev–Trinajstić information content (AvgIpc) is 2.67. The van der Waals surface area contributed by atoms with Crippen molar-refractivity contribution in [1.29, 1.82) is 0 Å². The van der Waals surface area contributed by atoms with Gasteiger partial charge in [-0.15, -0.1) is 0 Å². The number of anilines is 2. The molecule has 4 rings (SSSR count). The van der Waals surface area contributed by atoms with Crippen LogP contribution in [0.2, 0.25) is 0 Å².